The normalized spacial score (nSPS) is 16.8. The quantitative estimate of drug-likeness (QED) is 0.0282. The number of rotatable bonds is 15. The molecule has 0 saturated heterocycles. The van der Waals surface area contributed by atoms with E-state index in [4.69, 9.17) is 24.1 Å². The monoisotopic (exact) mass is 1140 g/mol. The van der Waals surface area contributed by atoms with Gasteiger partial charge in [0.25, 0.3) is 11.8 Å². The largest absolute Gasteiger partial charge is 0.534 e. The molecule has 0 bridgehead atoms. The zero-order chi connectivity index (χ0) is 56.5. The van der Waals surface area contributed by atoms with Gasteiger partial charge in [-0.3, -0.25) is 19.2 Å². The Balaban J connectivity index is 1.05. The second-order valence-corrected chi connectivity index (χ2v) is 20.2. The molecule has 0 radical (unpaired) electrons. The number of ether oxygens (including phenoxy) is 2. The number of carboxylic acid groups (broad SMARTS) is 2. The maximum Gasteiger partial charge on any atom is 0.534 e. The highest BCUT2D eigenvalue weighted by molar-refractivity contribution is 7.88. The van der Waals surface area contributed by atoms with Gasteiger partial charge in [-0.05, 0) is 74.2 Å². The molecule has 1 spiro atoms. The molecule has 1 saturated carbocycles. The number of nitrogens with one attached hydrogen (secondary N) is 2. The molecule has 8 rings (SSSR count). The maximum atomic E-state index is 16.2. The lowest BCUT2D eigenvalue weighted by Gasteiger charge is -2.37. The molecule has 410 valence electrons. The fourth-order valence-corrected chi connectivity index (χ4v) is 9.54. The van der Waals surface area contributed by atoms with E-state index in [1.165, 1.54) is 29.2 Å². The Hall–Kier alpha value is -8.16. The summed E-state index contributed by atoms with van der Waals surface area (Å²) in [6, 6.07) is 6.84. The minimum Gasteiger partial charge on any atom is -0.481 e. The number of aliphatic carboxylic acids is 2. The molecule has 4 aromatic carbocycles. The number of halogens is 10. The Morgan fingerprint density at radius 3 is 1.65 bits per heavy atom. The van der Waals surface area contributed by atoms with Crippen LogP contribution in [0.25, 0.3) is 11.0 Å². The van der Waals surface area contributed by atoms with Crippen LogP contribution in [0.1, 0.15) is 86.3 Å². The summed E-state index contributed by atoms with van der Waals surface area (Å²) in [6.45, 7) is -0.143. The fraction of sp³-hybridized carbons (Fsp3) is 0.289. The van der Waals surface area contributed by atoms with Crippen LogP contribution in [0.3, 0.4) is 0 Å². The SMILES string of the molecule is O=C(O)CCN(CCC(=O)O)c1ccc2cc(C(=O)N[C@H]3CC[C@H](NC(=O)c4ccc5c(c4)C4(OC5=O)c5cc(F)c(OS(=O)(=O)C(F)(F)F)c(F)c5Oc5c4cc(F)c(OS(=O)(=O)C(F)(F)F)c5F)CC3)c(=O)oc2c1. The fourth-order valence-electron chi connectivity index (χ4n) is 8.61. The molecule has 0 atom stereocenters. The Kier molecular flexibility index (Phi) is 14.1. The van der Waals surface area contributed by atoms with Gasteiger partial charge in [-0.25, -0.2) is 18.4 Å². The molecule has 1 fully saturated rings. The topological polar surface area (TPSA) is 289 Å². The van der Waals surface area contributed by atoms with Gasteiger partial charge in [-0.1, -0.05) is 0 Å². The zero-order valence-electron chi connectivity index (χ0n) is 38.1. The van der Waals surface area contributed by atoms with E-state index in [-0.39, 0.29) is 74.7 Å². The number of carboxylic acids is 2. The smallest absolute Gasteiger partial charge is 0.481 e. The van der Waals surface area contributed by atoms with Crippen LogP contribution >= 0.6 is 0 Å². The van der Waals surface area contributed by atoms with E-state index in [0.29, 0.717) is 5.69 Å². The van der Waals surface area contributed by atoms with Crippen molar-refractivity contribution in [2.24, 2.45) is 0 Å². The molecule has 32 heteroatoms. The summed E-state index contributed by atoms with van der Waals surface area (Å²) < 4.78 is 214. The number of hydrogen-bond donors (Lipinski definition) is 4. The van der Waals surface area contributed by atoms with E-state index >= 15 is 17.6 Å². The first-order valence-electron chi connectivity index (χ1n) is 21.8. The van der Waals surface area contributed by atoms with Crippen molar-refractivity contribution < 1.29 is 117 Å². The van der Waals surface area contributed by atoms with Crippen molar-refractivity contribution in [2.45, 2.75) is 67.2 Å². The summed E-state index contributed by atoms with van der Waals surface area (Å²) >= 11 is 0. The van der Waals surface area contributed by atoms with Crippen LogP contribution in [0.15, 0.2) is 63.8 Å². The molecule has 1 aliphatic carbocycles. The zero-order valence-corrected chi connectivity index (χ0v) is 39.7. The molecule has 3 heterocycles. The van der Waals surface area contributed by atoms with Crippen molar-refractivity contribution in [3.63, 3.8) is 0 Å². The number of esters is 1. The van der Waals surface area contributed by atoms with Crippen LogP contribution in [0, 0.1) is 23.3 Å². The lowest BCUT2D eigenvalue weighted by atomic mass is 9.76. The molecular weight excluding hydrogens is 1110 g/mol. The Bertz CT molecular complexity index is 3510. The molecule has 77 heavy (non-hydrogen) atoms. The lowest BCUT2D eigenvalue weighted by Crippen LogP contribution is -2.44. The number of anilines is 1. The predicted octanol–water partition coefficient (Wildman–Crippen LogP) is 6.60. The van der Waals surface area contributed by atoms with E-state index in [0.717, 1.165) is 18.2 Å². The number of carbonyl (C=O) groups is 5. The van der Waals surface area contributed by atoms with Gasteiger partial charge >= 0.3 is 54.8 Å². The second kappa shape index (κ2) is 19.8. The lowest BCUT2D eigenvalue weighted by molar-refractivity contribution is -0.137. The molecule has 5 aromatic rings. The molecule has 20 nitrogen and oxygen atoms in total. The Morgan fingerprint density at radius 1 is 0.675 bits per heavy atom. The maximum absolute atomic E-state index is 16.2. The van der Waals surface area contributed by atoms with E-state index in [1.807, 2.05) is 0 Å². The molecule has 2 amide bonds. The standard InChI is InChI=1S/C45H31F10N3O17S2/c46-28-16-26-35(33(48)37(28)74-76(67,68)44(50,51)52)72-36-27(17-29(47)38(34(36)49)75-77(69,70)45(53,54)55)43(26)25-14-19(2-8-23(25)42(66)73-43)39(63)56-20-3-5-21(6-4-20)57-40(64)24-13-18-1-7-22(15-30(18)71-41(24)65)58(11-9-31(59)60)12-10-32(61)62/h1-2,7-8,13-17,20-21H,3-6,9-12H2,(H,56,63)(H,57,64)(H,59,60)(H,61,62)/t20-,21-. The summed E-state index contributed by atoms with van der Waals surface area (Å²) in [5.74, 6) is -23.8. The summed E-state index contributed by atoms with van der Waals surface area (Å²) in [7, 11) is -13.9. The average Bonchev–Trinajstić information content (AvgIpc) is 3.78. The molecule has 1 aromatic heterocycles. The van der Waals surface area contributed by atoms with E-state index < -0.39 is 164 Å². The van der Waals surface area contributed by atoms with Crippen LogP contribution in [-0.4, -0.2) is 93.0 Å². The van der Waals surface area contributed by atoms with Crippen LogP contribution in [0.4, 0.5) is 49.6 Å². The van der Waals surface area contributed by atoms with Crippen LogP contribution in [0.2, 0.25) is 0 Å². The minimum atomic E-state index is -6.93. The number of alkyl halides is 6. The summed E-state index contributed by atoms with van der Waals surface area (Å²) in [5, 5.41) is 23.9. The van der Waals surface area contributed by atoms with Crippen molar-refractivity contribution in [2.75, 3.05) is 18.0 Å². The third kappa shape index (κ3) is 10.3. The van der Waals surface area contributed by atoms with Gasteiger partial charge in [-0.2, -0.15) is 52.0 Å². The number of fused-ring (bicyclic) bond motifs is 7. The van der Waals surface area contributed by atoms with Gasteiger partial charge in [0.15, 0.2) is 28.7 Å². The van der Waals surface area contributed by atoms with Crippen LogP contribution in [-0.2, 0) is 40.2 Å². The highest BCUT2D eigenvalue weighted by Gasteiger charge is 2.58. The second-order valence-electron chi connectivity index (χ2n) is 17.1. The molecule has 0 unspecified atom stereocenters. The van der Waals surface area contributed by atoms with Gasteiger partial charge in [0.2, 0.25) is 23.1 Å². The van der Waals surface area contributed by atoms with Crippen molar-refractivity contribution in [3.8, 4) is 23.0 Å². The van der Waals surface area contributed by atoms with E-state index in [2.05, 4.69) is 19.0 Å². The highest BCUT2D eigenvalue weighted by Crippen LogP contribution is 2.60. The van der Waals surface area contributed by atoms with Crippen molar-refractivity contribution in [1.29, 1.82) is 0 Å². The summed E-state index contributed by atoms with van der Waals surface area (Å²) in [5.41, 5.74) is -21.4. The van der Waals surface area contributed by atoms with Gasteiger partial charge in [-0.15, -0.1) is 0 Å². The number of carbonyl (C=O) groups excluding carboxylic acids is 3. The Morgan fingerprint density at radius 2 is 1.17 bits per heavy atom. The van der Waals surface area contributed by atoms with Gasteiger partial charge < -0.3 is 48.0 Å². The average molecular weight is 1140 g/mol. The highest BCUT2D eigenvalue weighted by atomic mass is 32.2. The molecule has 4 N–H and O–H groups in total. The summed E-state index contributed by atoms with van der Waals surface area (Å²) in [6.07, 6.45) is -0.0444. The number of benzene rings is 4. The van der Waals surface area contributed by atoms with Crippen LogP contribution in [0.5, 0.6) is 23.0 Å². The first-order valence-corrected chi connectivity index (χ1v) is 24.7. The number of nitrogens with zero attached hydrogens (tertiary/aromatic N) is 1. The van der Waals surface area contributed by atoms with Gasteiger partial charge in [0.05, 0.1) is 29.5 Å². The number of hydrogen-bond acceptors (Lipinski definition) is 16. The summed E-state index contributed by atoms with van der Waals surface area (Å²) in [4.78, 5) is 77.6. The van der Waals surface area contributed by atoms with E-state index in [9.17, 15) is 71.9 Å². The van der Waals surface area contributed by atoms with Crippen molar-refractivity contribution in [1.82, 2.24) is 10.6 Å². The molecular formula is C45H31F10N3O17S2. The minimum absolute atomic E-state index is 0.000316. The third-order valence-corrected chi connectivity index (χ3v) is 14.1. The Labute approximate surface area is 423 Å². The third-order valence-electron chi connectivity index (χ3n) is 12.2. The molecule has 3 aliphatic rings. The van der Waals surface area contributed by atoms with Gasteiger partial charge in [0.1, 0.15) is 11.1 Å². The molecule has 2 aliphatic heterocycles. The van der Waals surface area contributed by atoms with Crippen LogP contribution < -0.4 is 34.3 Å². The van der Waals surface area contributed by atoms with Crippen molar-refractivity contribution >= 4 is 66.6 Å². The first kappa shape index (κ1) is 55.1. The first-order chi connectivity index (χ1) is 35.8. The number of amides is 2. The van der Waals surface area contributed by atoms with E-state index in [1.54, 1.807) is 0 Å². The van der Waals surface area contributed by atoms with Crippen molar-refractivity contribution in [3.05, 3.63) is 122 Å². The predicted molar refractivity (Wildman–Crippen MR) is 236 cm³/mol. The van der Waals surface area contributed by atoms with Gasteiger partial charge in [0, 0.05) is 53.4 Å².